The highest BCUT2D eigenvalue weighted by Gasteiger charge is 2.09. The van der Waals surface area contributed by atoms with Gasteiger partial charge in [-0.2, -0.15) is 0 Å². The monoisotopic (exact) mass is 279 g/mol. The van der Waals surface area contributed by atoms with Crippen molar-refractivity contribution in [3.63, 3.8) is 0 Å². The SMILES string of the molecule is CCc1ccccc1-c1cn(-c2cccc(OC)c2)nn1. The van der Waals surface area contributed by atoms with Gasteiger partial charge in [-0.1, -0.05) is 42.5 Å². The Kier molecular flexibility index (Phi) is 3.69. The third-order valence-corrected chi connectivity index (χ3v) is 3.49. The minimum absolute atomic E-state index is 0.804. The number of aromatic nitrogens is 3. The van der Waals surface area contributed by atoms with Gasteiger partial charge in [0.1, 0.15) is 11.4 Å². The van der Waals surface area contributed by atoms with E-state index in [1.54, 1.807) is 11.8 Å². The largest absolute Gasteiger partial charge is 0.497 e. The maximum Gasteiger partial charge on any atom is 0.121 e. The Morgan fingerprint density at radius 1 is 1.10 bits per heavy atom. The summed E-state index contributed by atoms with van der Waals surface area (Å²) in [6.07, 6.45) is 2.92. The third-order valence-electron chi connectivity index (χ3n) is 3.49. The van der Waals surface area contributed by atoms with Gasteiger partial charge in [-0.25, -0.2) is 4.68 Å². The van der Waals surface area contributed by atoms with E-state index in [9.17, 15) is 0 Å². The molecular formula is C17H17N3O. The van der Waals surface area contributed by atoms with Crippen LogP contribution in [0.5, 0.6) is 5.75 Å². The highest BCUT2D eigenvalue weighted by molar-refractivity contribution is 5.63. The van der Waals surface area contributed by atoms with E-state index in [2.05, 4.69) is 35.4 Å². The van der Waals surface area contributed by atoms with Crippen molar-refractivity contribution in [3.8, 4) is 22.7 Å². The molecule has 0 aliphatic rings. The standard InChI is InChI=1S/C17H17N3O/c1-3-13-7-4-5-10-16(13)17-12-20(19-18-17)14-8-6-9-15(11-14)21-2/h4-12H,3H2,1-2H3. The molecule has 2 aromatic carbocycles. The number of rotatable bonds is 4. The van der Waals surface area contributed by atoms with Crippen LogP contribution in [0.15, 0.2) is 54.7 Å². The van der Waals surface area contributed by atoms with Crippen LogP contribution in [0.2, 0.25) is 0 Å². The summed E-state index contributed by atoms with van der Waals surface area (Å²) in [5.74, 6) is 0.804. The average Bonchev–Trinajstić information content (AvgIpc) is 3.04. The highest BCUT2D eigenvalue weighted by Crippen LogP contribution is 2.23. The Balaban J connectivity index is 1.99. The highest BCUT2D eigenvalue weighted by atomic mass is 16.5. The van der Waals surface area contributed by atoms with E-state index in [-0.39, 0.29) is 0 Å². The molecule has 3 aromatic rings. The zero-order valence-corrected chi connectivity index (χ0v) is 12.2. The molecule has 3 rings (SSSR count). The molecule has 21 heavy (non-hydrogen) atoms. The number of nitrogens with zero attached hydrogens (tertiary/aromatic N) is 3. The number of hydrogen-bond donors (Lipinski definition) is 0. The van der Waals surface area contributed by atoms with Crippen LogP contribution in [-0.4, -0.2) is 22.1 Å². The van der Waals surface area contributed by atoms with Crippen molar-refractivity contribution in [3.05, 3.63) is 60.3 Å². The van der Waals surface area contributed by atoms with Crippen LogP contribution >= 0.6 is 0 Å². The molecule has 0 bridgehead atoms. The second kappa shape index (κ2) is 5.79. The van der Waals surface area contributed by atoms with Crippen molar-refractivity contribution in [2.75, 3.05) is 7.11 Å². The lowest BCUT2D eigenvalue weighted by Crippen LogP contribution is -1.95. The topological polar surface area (TPSA) is 39.9 Å². The van der Waals surface area contributed by atoms with Crippen molar-refractivity contribution < 1.29 is 4.74 Å². The van der Waals surface area contributed by atoms with Gasteiger partial charge in [0.25, 0.3) is 0 Å². The summed E-state index contributed by atoms with van der Waals surface area (Å²) in [5, 5.41) is 8.52. The lowest BCUT2D eigenvalue weighted by molar-refractivity contribution is 0.414. The number of ether oxygens (including phenoxy) is 1. The van der Waals surface area contributed by atoms with Crippen molar-refractivity contribution >= 4 is 0 Å². The van der Waals surface area contributed by atoms with Crippen LogP contribution in [0.3, 0.4) is 0 Å². The molecule has 0 fully saturated rings. The van der Waals surface area contributed by atoms with E-state index in [0.29, 0.717) is 0 Å². The van der Waals surface area contributed by atoms with Crippen LogP contribution in [-0.2, 0) is 6.42 Å². The van der Waals surface area contributed by atoms with E-state index in [1.807, 2.05) is 36.5 Å². The van der Waals surface area contributed by atoms with Crippen molar-refractivity contribution in [1.29, 1.82) is 0 Å². The fourth-order valence-electron chi connectivity index (χ4n) is 2.34. The van der Waals surface area contributed by atoms with E-state index in [1.165, 1.54) is 5.56 Å². The molecule has 0 saturated carbocycles. The van der Waals surface area contributed by atoms with Gasteiger partial charge in [-0.3, -0.25) is 0 Å². The van der Waals surface area contributed by atoms with Gasteiger partial charge in [-0.15, -0.1) is 5.10 Å². The maximum absolute atomic E-state index is 5.24. The summed E-state index contributed by atoms with van der Waals surface area (Å²) < 4.78 is 7.01. The van der Waals surface area contributed by atoms with Gasteiger partial charge in [-0.05, 0) is 24.1 Å². The molecule has 0 atom stereocenters. The van der Waals surface area contributed by atoms with E-state index >= 15 is 0 Å². The van der Waals surface area contributed by atoms with Crippen LogP contribution in [0, 0.1) is 0 Å². The molecule has 0 aliphatic heterocycles. The molecule has 0 spiro atoms. The molecule has 0 aliphatic carbocycles. The quantitative estimate of drug-likeness (QED) is 0.733. The lowest BCUT2D eigenvalue weighted by atomic mass is 10.0. The van der Waals surface area contributed by atoms with Crippen LogP contribution < -0.4 is 4.74 Å². The molecule has 1 heterocycles. The fourth-order valence-corrected chi connectivity index (χ4v) is 2.34. The number of hydrogen-bond acceptors (Lipinski definition) is 3. The molecule has 0 N–H and O–H groups in total. The van der Waals surface area contributed by atoms with E-state index in [4.69, 9.17) is 4.74 Å². The van der Waals surface area contributed by atoms with Crippen LogP contribution in [0.25, 0.3) is 16.9 Å². The zero-order valence-electron chi connectivity index (χ0n) is 12.2. The van der Waals surface area contributed by atoms with Gasteiger partial charge in [0.05, 0.1) is 19.0 Å². The summed E-state index contributed by atoms with van der Waals surface area (Å²) in [4.78, 5) is 0. The van der Waals surface area contributed by atoms with Gasteiger partial charge in [0, 0.05) is 11.6 Å². The minimum atomic E-state index is 0.804. The van der Waals surface area contributed by atoms with Crippen LogP contribution in [0.1, 0.15) is 12.5 Å². The first-order chi connectivity index (χ1) is 10.3. The molecule has 0 amide bonds. The summed E-state index contributed by atoms with van der Waals surface area (Å²) in [6.45, 7) is 2.14. The number of benzene rings is 2. The molecule has 4 nitrogen and oxygen atoms in total. The summed E-state index contributed by atoms with van der Waals surface area (Å²) in [6, 6.07) is 16.0. The van der Waals surface area contributed by atoms with Gasteiger partial charge < -0.3 is 4.74 Å². The summed E-state index contributed by atoms with van der Waals surface area (Å²) >= 11 is 0. The molecule has 106 valence electrons. The first-order valence-electron chi connectivity index (χ1n) is 6.97. The van der Waals surface area contributed by atoms with E-state index in [0.717, 1.165) is 29.1 Å². The minimum Gasteiger partial charge on any atom is -0.497 e. The smallest absolute Gasteiger partial charge is 0.121 e. The molecule has 0 unspecified atom stereocenters. The predicted octanol–water partition coefficient (Wildman–Crippen LogP) is 3.51. The Morgan fingerprint density at radius 3 is 2.76 bits per heavy atom. The Morgan fingerprint density at radius 2 is 1.95 bits per heavy atom. The Hall–Kier alpha value is -2.62. The normalized spacial score (nSPS) is 10.6. The fraction of sp³-hybridized carbons (Fsp3) is 0.176. The second-order valence-electron chi connectivity index (χ2n) is 4.76. The van der Waals surface area contributed by atoms with Gasteiger partial charge in [0.15, 0.2) is 0 Å². The molecule has 0 radical (unpaired) electrons. The predicted molar refractivity (Wildman–Crippen MR) is 82.7 cm³/mol. The number of aryl methyl sites for hydroxylation is 1. The van der Waals surface area contributed by atoms with Crippen molar-refractivity contribution in [2.24, 2.45) is 0 Å². The molecule has 1 aromatic heterocycles. The third kappa shape index (κ3) is 2.65. The number of methoxy groups -OCH3 is 1. The zero-order chi connectivity index (χ0) is 14.7. The first-order valence-corrected chi connectivity index (χ1v) is 6.97. The summed E-state index contributed by atoms with van der Waals surface area (Å²) in [7, 11) is 1.66. The van der Waals surface area contributed by atoms with Gasteiger partial charge in [0.2, 0.25) is 0 Å². The summed E-state index contributed by atoms with van der Waals surface area (Å²) in [5.41, 5.74) is 4.22. The Bertz CT molecular complexity index is 749. The van der Waals surface area contributed by atoms with Crippen molar-refractivity contribution in [2.45, 2.75) is 13.3 Å². The lowest BCUT2D eigenvalue weighted by Gasteiger charge is -2.04. The van der Waals surface area contributed by atoms with Crippen molar-refractivity contribution in [1.82, 2.24) is 15.0 Å². The molecule has 0 saturated heterocycles. The first kappa shape index (κ1) is 13.4. The average molecular weight is 279 g/mol. The second-order valence-corrected chi connectivity index (χ2v) is 4.76. The van der Waals surface area contributed by atoms with Gasteiger partial charge >= 0.3 is 0 Å². The Labute approximate surface area is 124 Å². The molecule has 4 heteroatoms. The van der Waals surface area contributed by atoms with E-state index < -0.39 is 0 Å². The van der Waals surface area contributed by atoms with Crippen LogP contribution in [0.4, 0.5) is 0 Å². The maximum atomic E-state index is 5.24. The molecular weight excluding hydrogens is 262 g/mol.